The summed E-state index contributed by atoms with van der Waals surface area (Å²) in [5.74, 6) is -0.0554. The van der Waals surface area contributed by atoms with Crippen LogP contribution in [0.5, 0.6) is 0 Å². The van der Waals surface area contributed by atoms with Crippen LogP contribution in [0.3, 0.4) is 0 Å². The topological polar surface area (TPSA) is 129 Å². The fraction of sp³-hybridized carbons (Fsp3) is 0.357. The van der Waals surface area contributed by atoms with Gasteiger partial charge in [0.15, 0.2) is 6.73 Å². The Morgan fingerprint density at radius 1 is 1.42 bits per heavy atom. The molecule has 0 unspecified atom stereocenters. The molecule has 128 valence electrons. The van der Waals surface area contributed by atoms with E-state index in [0.717, 1.165) is 4.68 Å². The Labute approximate surface area is 141 Å². The molecule has 0 aliphatic carbocycles. The van der Waals surface area contributed by atoms with Crippen molar-refractivity contribution in [1.29, 1.82) is 0 Å². The van der Waals surface area contributed by atoms with Crippen LogP contribution in [0.1, 0.15) is 6.42 Å². The highest BCUT2D eigenvalue weighted by Crippen LogP contribution is 2.05. The molecular weight excluding hydrogens is 334 g/mol. The van der Waals surface area contributed by atoms with Crippen LogP contribution in [0.15, 0.2) is 29.1 Å². The molecule has 3 N–H and O–H groups in total. The van der Waals surface area contributed by atoms with Crippen molar-refractivity contribution in [1.82, 2.24) is 20.3 Å². The number of aromatic nitrogens is 3. The Hall–Kier alpha value is -2.62. The Balaban J connectivity index is 2.08. The molecular formula is C14H17N5O4S. The van der Waals surface area contributed by atoms with E-state index >= 15 is 0 Å². The summed E-state index contributed by atoms with van der Waals surface area (Å²) in [6, 6.07) is 5.03. The number of amides is 2. The average Bonchev–Trinajstić information content (AvgIpc) is 2.57. The average molecular weight is 351 g/mol. The van der Waals surface area contributed by atoms with Gasteiger partial charge in [-0.05, 0) is 30.6 Å². The number of esters is 1. The second kappa shape index (κ2) is 8.29. The summed E-state index contributed by atoms with van der Waals surface area (Å²) < 4.78 is 6.00. The van der Waals surface area contributed by atoms with Crippen LogP contribution in [-0.2, 0) is 16.3 Å². The summed E-state index contributed by atoms with van der Waals surface area (Å²) in [6.45, 7) is -0.397. The zero-order valence-corrected chi connectivity index (χ0v) is 13.8. The first kappa shape index (κ1) is 17.7. The minimum absolute atomic E-state index is 0.362. The lowest BCUT2D eigenvalue weighted by molar-refractivity contribution is -0.150. The van der Waals surface area contributed by atoms with Gasteiger partial charge in [0.05, 0.1) is 5.39 Å². The Kier molecular flexibility index (Phi) is 6.13. The third-order valence-electron chi connectivity index (χ3n) is 3.17. The Morgan fingerprint density at radius 2 is 2.17 bits per heavy atom. The number of thioether (sulfide) groups is 1. The third-order valence-corrected chi connectivity index (χ3v) is 3.81. The summed E-state index contributed by atoms with van der Waals surface area (Å²) in [7, 11) is 0. The number of nitrogens with two attached hydrogens (primary N) is 1. The molecule has 1 atom stereocenters. The van der Waals surface area contributed by atoms with E-state index < -0.39 is 30.3 Å². The molecule has 0 aliphatic rings. The van der Waals surface area contributed by atoms with Crippen LogP contribution < -0.4 is 16.6 Å². The van der Waals surface area contributed by atoms with Crippen molar-refractivity contribution in [3.63, 3.8) is 0 Å². The summed E-state index contributed by atoms with van der Waals surface area (Å²) in [5, 5.41) is 10.3. The van der Waals surface area contributed by atoms with E-state index in [1.807, 2.05) is 6.26 Å². The second-order valence-corrected chi connectivity index (χ2v) is 5.83. The highest BCUT2D eigenvalue weighted by atomic mass is 32.2. The van der Waals surface area contributed by atoms with Crippen molar-refractivity contribution < 1.29 is 14.3 Å². The lowest BCUT2D eigenvalue weighted by Gasteiger charge is -2.16. The fourth-order valence-electron chi connectivity index (χ4n) is 1.99. The van der Waals surface area contributed by atoms with Gasteiger partial charge in [-0.2, -0.15) is 16.4 Å². The SMILES string of the molecule is CSCC[C@@H](NC(N)=O)C(=O)OCn1nnc2ccccc2c1=O. The molecule has 0 bridgehead atoms. The number of carbonyl (C=O) groups is 2. The van der Waals surface area contributed by atoms with Gasteiger partial charge in [-0.1, -0.05) is 17.3 Å². The second-order valence-electron chi connectivity index (χ2n) is 4.85. The first-order valence-electron chi connectivity index (χ1n) is 7.07. The minimum atomic E-state index is -0.876. The monoisotopic (exact) mass is 351 g/mol. The molecule has 1 aromatic carbocycles. The molecule has 1 heterocycles. The number of rotatable bonds is 7. The number of fused-ring (bicyclic) bond motifs is 1. The van der Waals surface area contributed by atoms with Gasteiger partial charge in [0.2, 0.25) is 0 Å². The number of nitrogens with one attached hydrogen (secondary N) is 1. The predicted molar refractivity (Wildman–Crippen MR) is 89.4 cm³/mol. The molecule has 9 nitrogen and oxygen atoms in total. The highest BCUT2D eigenvalue weighted by Gasteiger charge is 2.21. The molecule has 0 saturated heterocycles. The van der Waals surface area contributed by atoms with Gasteiger partial charge in [0, 0.05) is 0 Å². The Morgan fingerprint density at radius 3 is 2.88 bits per heavy atom. The van der Waals surface area contributed by atoms with Gasteiger partial charge in [0.1, 0.15) is 11.6 Å². The highest BCUT2D eigenvalue weighted by molar-refractivity contribution is 7.98. The van der Waals surface area contributed by atoms with E-state index in [1.165, 1.54) is 11.8 Å². The molecule has 2 aromatic rings. The summed E-state index contributed by atoms with van der Waals surface area (Å²) >= 11 is 1.52. The number of benzene rings is 1. The Bertz CT molecular complexity index is 794. The van der Waals surface area contributed by atoms with Crippen molar-refractivity contribution in [3.05, 3.63) is 34.6 Å². The number of urea groups is 1. The van der Waals surface area contributed by atoms with Gasteiger partial charge in [-0.15, -0.1) is 5.10 Å². The predicted octanol–water partition coefficient (Wildman–Crippen LogP) is 0.0822. The molecule has 0 fully saturated rings. The molecule has 10 heteroatoms. The maximum atomic E-state index is 12.2. The summed E-state index contributed by atoms with van der Waals surface area (Å²) in [4.78, 5) is 35.3. The molecule has 2 rings (SSSR count). The molecule has 0 radical (unpaired) electrons. The quantitative estimate of drug-likeness (QED) is 0.676. The van der Waals surface area contributed by atoms with Crippen LogP contribution in [0.25, 0.3) is 10.9 Å². The fourth-order valence-corrected chi connectivity index (χ4v) is 2.46. The van der Waals surface area contributed by atoms with Crippen LogP contribution in [0.2, 0.25) is 0 Å². The molecule has 0 aliphatic heterocycles. The summed E-state index contributed by atoms with van der Waals surface area (Å²) in [6.07, 6.45) is 2.23. The molecule has 24 heavy (non-hydrogen) atoms. The van der Waals surface area contributed by atoms with E-state index in [4.69, 9.17) is 10.5 Å². The minimum Gasteiger partial charge on any atom is -0.441 e. The maximum absolute atomic E-state index is 12.2. The summed E-state index contributed by atoms with van der Waals surface area (Å²) in [5.41, 5.74) is 5.09. The van der Waals surface area contributed by atoms with Gasteiger partial charge in [0.25, 0.3) is 5.56 Å². The van der Waals surface area contributed by atoms with Gasteiger partial charge in [-0.3, -0.25) is 4.79 Å². The van der Waals surface area contributed by atoms with Crippen LogP contribution in [0.4, 0.5) is 4.79 Å². The van der Waals surface area contributed by atoms with Crippen LogP contribution in [-0.4, -0.2) is 45.0 Å². The molecule has 0 saturated carbocycles. The molecule has 0 spiro atoms. The van der Waals surface area contributed by atoms with E-state index in [-0.39, 0.29) is 0 Å². The van der Waals surface area contributed by atoms with Crippen LogP contribution >= 0.6 is 11.8 Å². The van der Waals surface area contributed by atoms with Gasteiger partial charge >= 0.3 is 12.0 Å². The first-order chi connectivity index (χ1) is 11.5. The molecule has 1 aromatic heterocycles. The smallest absolute Gasteiger partial charge is 0.330 e. The van der Waals surface area contributed by atoms with Crippen molar-refractivity contribution >= 4 is 34.7 Å². The first-order valence-corrected chi connectivity index (χ1v) is 8.46. The normalized spacial score (nSPS) is 11.9. The largest absolute Gasteiger partial charge is 0.441 e. The zero-order valence-electron chi connectivity index (χ0n) is 13.0. The van der Waals surface area contributed by atoms with E-state index in [2.05, 4.69) is 15.6 Å². The number of nitrogens with zero attached hydrogens (tertiary/aromatic N) is 3. The number of primary amides is 1. The van der Waals surface area contributed by atoms with E-state index in [1.54, 1.807) is 24.3 Å². The van der Waals surface area contributed by atoms with Crippen molar-refractivity contribution in [2.24, 2.45) is 5.73 Å². The van der Waals surface area contributed by atoms with Gasteiger partial charge in [-0.25, -0.2) is 9.59 Å². The van der Waals surface area contributed by atoms with Gasteiger partial charge < -0.3 is 15.8 Å². The zero-order chi connectivity index (χ0) is 17.5. The van der Waals surface area contributed by atoms with E-state index in [9.17, 15) is 14.4 Å². The van der Waals surface area contributed by atoms with E-state index in [0.29, 0.717) is 23.1 Å². The molecule has 2 amide bonds. The van der Waals surface area contributed by atoms with Crippen LogP contribution in [0, 0.1) is 0 Å². The number of ether oxygens (including phenoxy) is 1. The maximum Gasteiger partial charge on any atom is 0.330 e. The number of hydrogen-bond acceptors (Lipinski definition) is 7. The van der Waals surface area contributed by atoms with Crippen molar-refractivity contribution in [2.45, 2.75) is 19.2 Å². The standard InChI is InChI=1S/C14H17N5O4S/c1-24-7-6-11(16-14(15)22)13(21)23-8-19-12(20)9-4-2-3-5-10(9)17-18-19/h2-5,11H,6-8H2,1H3,(H3,15,16,22)/t11-/m1/s1. The lowest BCUT2D eigenvalue weighted by Crippen LogP contribution is -2.45. The number of hydrogen-bond donors (Lipinski definition) is 2. The van der Waals surface area contributed by atoms with Crippen molar-refractivity contribution in [2.75, 3.05) is 12.0 Å². The number of carbonyl (C=O) groups excluding carboxylic acids is 2. The van der Waals surface area contributed by atoms with Crippen molar-refractivity contribution in [3.8, 4) is 0 Å². The lowest BCUT2D eigenvalue weighted by atomic mass is 10.2. The third kappa shape index (κ3) is 4.44.